The van der Waals surface area contributed by atoms with Crippen molar-refractivity contribution in [1.29, 1.82) is 0 Å². The summed E-state index contributed by atoms with van der Waals surface area (Å²) >= 11 is 4.10. The molecule has 4 nitrogen and oxygen atoms in total. The normalized spacial score (nSPS) is 12.8. The lowest BCUT2D eigenvalue weighted by Crippen LogP contribution is -2.15. The highest BCUT2D eigenvalue weighted by Gasteiger charge is 2.13. The van der Waals surface area contributed by atoms with Crippen molar-refractivity contribution in [3.63, 3.8) is 0 Å². The van der Waals surface area contributed by atoms with Gasteiger partial charge in [-0.15, -0.1) is 11.6 Å². The smallest absolute Gasteiger partial charge is 0.210 e. The summed E-state index contributed by atoms with van der Waals surface area (Å²) in [5.74, 6) is 1.07. The van der Waals surface area contributed by atoms with Crippen LogP contribution in [-0.4, -0.2) is 36.4 Å². The Hall–Kier alpha value is -0.620. The second kappa shape index (κ2) is 6.96. The van der Waals surface area contributed by atoms with Crippen LogP contribution < -0.4 is 4.74 Å². The predicted octanol–water partition coefficient (Wildman–Crippen LogP) is 1.99. The molecule has 1 aromatic rings. The molecule has 1 atom stereocenters. The number of methoxy groups -OCH3 is 1. The fourth-order valence-electron chi connectivity index (χ4n) is 1.29. The Morgan fingerprint density at radius 3 is 2.65 bits per heavy atom. The lowest BCUT2D eigenvalue weighted by molar-refractivity contribution is 0.0136. The van der Waals surface area contributed by atoms with Crippen molar-refractivity contribution >= 4 is 22.7 Å². The van der Waals surface area contributed by atoms with E-state index in [2.05, 4.69) is 0 Å². The van der Waals surface area contributed by atoms with Crippen LogP contribution in [0.4, 0.5) is 0 Å². The summed E-state index contributed by atoms with van der Waals surface area (Å²) < 4.78 is 22.2. The van der Waals surface area contributed by atoms with Gasteiger partial charge in [-0.1, -0.05) is 6.07 Å². The SMILES string of the molecule is COc1ccc(CCCl)cc1S(=O)ON(C)C. The van der Waals surface area contributed by atoms with E-state index in [-0.39, 0.29) is 0 Å². The molecule has 0 aliphatic carbocycles. The molecule has 0 aromatic heterocycles. The lowest BCUT2D eigenvalue weighted by Gasteiger charge is -2.12. The van der Waals surface area contributed by atoms with Crippen molar-refractivity contribution in [1.82, 2.24) is 5.06 Å². The number of aryl methyl sites for hydroxylation is 1. The number of ether oxygens (including phenoxy) is 1. The van der Waals surface area contributed by atoms with Gasteiger partial charge in [0.1, 0.15) is 10.6 Å². The summed E-state index contributed by atoms with van der Waals surface area (Å²) in [6, 6.07) is 5.46. The first-order valence-corrected chi connectivity index (χ1v) is 6.70. The zero-order valence-electron chi connectivity index (χ0n) is 10.1. The van der Waals surface area contributed by atoms with Gasteiger partial charge in [0.25, 0.3) is 0 Å². The second-order valence-electron chi connectivity index (χ2n) is 3.55. The number of halogens is 1. The van der Waals surface area contributed by atoms with Crippen LogP contribution in [0.5, 0.6) is 5.75 Å². The van der Waals surface area contributed by atoms with Crippen LogP contribution in [0.1, 0.15) is 5.56 Å². The van der Waals surface area contributed by atoms with E-state index >= 15 is 0 Å². The van der Waals surface area contributed by atoms with Gasteiger partial charge in [0, 0.05) is 20.0 Å². The first-order chi connectivity index (χ1) is 8.08. The topological polar surface area (TPSA) is 38.8 Å². The molecule has 0 radical (unpaired) electrons. The van der Waals surface area contributed by atoms with Gasteiger partial charge < -0.3 is 4.74 Å². The molecule has 17 heavy (non-hydrogen) atoms. The van der Waals surface area contributed by atoms with E-state index in [1.807, 2.05) is 6.07 Å². The van der Waals surface area contributed by atoms with Gasteiger partial charge >= 0.3 is 0 Å². The van der Waals surface area contributed by atoms with E-state index in [9.17, 15) is 4.21 Å². The molecule has 96 valence electrons. The third-order valence-corrected chi connectivity index (χ3v) is 3.31. The maximum Gasteiger partial charge on any atom is 0.210 e. The number of hydroxylamine groups is 2. The van der Waals surface area contributed by atoms with Crippen LogP contribution in [0, 0.1) is 0 Å². The van der Waals surface area contributed by atoms with Gasteiger partial charge in [0.05, 0.1) is 7.11 Å². The van der Waals surface area contributed by atoms with Gasteiger partial charge in [0.2, 0.25) is 11.1 Å². The standard InChI is InChI=1S/C11H16ClNO3S/c1-13(2)16-17(14)11-8-9(6-7-12)4-5-10(11)15-3/h4-5,8H,6-7H2,1-3H3. The fraction of sp³-hybridized carbons (Fsp3) is 0.455. The zero-order chi connectivity index (χ0) is 12.8. The third-order valence-electron chi connectivity index (χ3n) is 2.01. The Morgan fingerprint density at radius 2 is 2.12 bits per heavy atom. The van der Waals surface area contributed by atoms with E-state index in [4.69, 9.17) is 20.6 Å². The van der Waals surface area contributed by atoms with E-state index in [0.29, 0.717) is 16.5 Å². The van der Waals surface area contributed by atoms with E-state index in [1.165, 1.54) is 12.2 Å². The minimum Gasteiger partial charge on any atom is -0.495 e. The molecule has 0 N–H and O–H groups in total. The zero-order valence-corrected chi connectivity index (χ0v) is 11.7. The van der Waals surface area contributed by atoms with Crippen LogP contribution in [0.25, 0.3) is 0 Å². The molecule has 0 aliphatic rings. The molecule has 1 aromatic carbocycles. The summed E-state index contributed by atoms with van der Waals surface area (Å²) in [6.07, 6.45) is 0.720. The Kier molecular flexibility index (Phi) is 5.91. The molecule has 0 saturated carbocycles. The maximum absolute atomic E-state index is 11.9. The van der Waals surface area contributed by atoms with Crippen LogP contribution >= 0.6 is 11.6 Å². The molecule has 0 spiro atoms. The number of alkyl halides is 1. The summed E-state index contributed by atoms with van der Waals surface area (Å²) in [7, 11) is 4.88. The van der Waals surface area contributed by atoms with Crippen molar-refractivity contribution < 1.29 is 13.2 Å². The van der Waals surface area contributed by atoms with Crippen LogP contribution in [0.3, 0.4) is 0 Å². The van der Waals surface area contributed by atoms with Gasteiger partial charge in [-0.05, 0) is 24.1 Å². The highest BCUT2D eigenvalue weighted by molar-refractivity contribution is 7.80. The minimum absolute atomic E-state index is 0.517. The van der Waals surface area contributed by atoms with Crippen molar-refractivity contribution in [2.45, 2.75) is 11.3 Å². The number of hydrogen-bond acceptors (Lipinski definition) is 4. The van der Waals surface area contributed by atoms with Crippen molar-refractivity contribution in [3.8, 4) is 5.75 Å². The van der Waals surface area contributed by atoms with Crippen LogP contribution in [0.2, 0.25) is 0 Å². The number of nitrogens with zero attached hydrogens (tertiary/aromatic N) is 1. The molecule has 1 unspecified atom stereocenters. The van der Waals surface area contributed by atoms with Crippen molar-refractivity contribution in [3.05, 3.63) is 23.8 Å². The first kappa shape index (κ1) is 14.4. The molecule has 0 bridgehead atoms. The first-order valence-electron chi connectivity index (χ1n) is 5.09. The number of hydrogen-bond donors (Lipinski definition) is 0. The fourth-order valence-corrected chi connectivity index (χ4v) is 2.42. The van der Waals surface area contributed by atoms with E-state index in [1.54, 1.807) is 26.2 Å². The average molecular weight is 278 g/mol. The van der Waals surface area contributed by atoms with E-state index < -0.39 is 11.1 Å². The average Bonchev–Trinajstić information content (AvgIpc) is 2.28. The number of benzene rings is 1. The van der Waals surface area contributed by atoms with Gasteiger partial charge in [-0.2, -0.15) is 9.35 Å². The van der Waals surface area contributed by atoms with Crippen LogP contribution in [0.15, 0.2) is 23.1 Å². The molecule has 6 heteroatoms. The highest BCUT2D eigenvalue weighted by atomic mass is 35.5. The molecular weight excluding hydrogens is 262 g/mol. The molecule has 1 rings (SSSR count). The summed E-state index contributed by atoms with van der Waals surface area (Å²) in [6.45, 7) is 0. The molecule has 0 heterocycles. The number of rotatable bonds is 6. The van der Waals surface area contributed by atoms with Gasteiger partial charge in [0.15, 0.2) is 0 Å². The minimum atomic E-state index is -1.58. The summed E-state index contributed by atoms with van der Waals surface area (Å²) in [4.78, 5) is 0.517. The summed E-state index contributed by atoms with van der Waals surface area (Å²) in [5.41, 5.74) is 1.01. The van der Waals surface area contributed by atoms with Crippen molar-refractivity contribution in [2.75, 3.05) is 27.1 Å². The van der Waals surface area contributed by atoms with Crippen LogP contribution in [-0.2, 0) is 21.8 Å². The van der Waals surface area contributed by atoms with Gasteiger partial charge in [-0.3, -0.25) is 0 Å². The lowest BCUT2D eigenvalue weighted by atomic mass is 10.2. The largest absolute Gasteiger partial charge is 0.495 e. The highest BCUT2D eigenvalue weighted by Crippen LogP contribution is 2.24. The molecule has 0 saturated heterocycles. The van der Waals surface area contributed by atoms with Gasteiger partial charge in [-0.25, -0.2) is 4.21 Å². The monoisotopic (exact) mass is 277 g/mol. The quantitative estimate of drug-likeness (QED) is 0.589. The molecule has 0 amide bonds. The Labute approximate surface area is 109 Å². The third kappa shape index (κ3) is 4.27. The predicted molar refractivity (Wildman–Crippen MR) is 68.6 cm³/mol. The van der Waals surface area contributed by atoms with E-state index in [0.717, 1.165) is 12.0 Å². The van der Waals surface area contributed by atoms with Crippen molar-refractivity contribution in [2.24, 2.45) is 0 Å². The molecule has 0 fully saturated rings. The summed E-state index contributed by atoms with van der Waals surface area (Å²) in [5, 5.41) is 1.39. The Bertz CT molecular complexity index is 398. The molecular formula is C11H16ClNO3S. The maximum atomic E-state index is 11.9. The Balaban J connectivity index is 3.00. The Morgan fingerprint density at radius 1 is 1.41 bits per heavy atom. The second-order valence-corrected chi connectivity index (χ2v) is 4.98. The molecule has 0 aliphatic heterocycles.